The van der Waals surface area contributed by atoms with Gasteiger partial charge in [-0.05, 0) is 12.8 Å². The fourth-order valence-electron chi connectivity index (χ4n) is 2.67. The number of amides is 1. The Bertz CT molecular complexity index is 1070. The number of rotatable bonds is 5. The van der Waals surface area contributed by atoms with Gasteiger partial charge in [0.2, 0.25) is 0 Å². The van der Waals surface area contributed by atoms with Gasteiger partial charge in [0.25, 0.3) is 5.91 Å². The Morgan fingerprint density at radius 2 is 1.62 bits per heavy atom. The number of aromatic nitrogens is 3. The predicted octanol–water partition coefficient (Wildman–Crippen LogP) is 5.02. The van der Waals surface area contributed by atoms with Crippen LogP contribution < -0.4 is 16.0 Å². The number of hydrogen-bond donors (Lipinski definition) is 3. The molecule has 1 aromatic carbocycles. The Morgan fingerprint density at radius 3 is 2.16 bits per heavy atom. The highest BCUT2D eigenvalue weighted by Gasteiger charge is 2.26. The summed E-state index contributed by atoms with van der Waals surface area (Å²) in [6.07, 6.45) is 3.08. The summed E-state index contributed by atoms with van der Waals surface area (Å²) in [5, 5.41) is 11.9. The van der Waals surface area contributed by atoms with Crippen molar-refractivity contribution in [1.29, 1.82) is 0 Å². The van der Waals surface area contributed by atoms with Gasteiger partial charge in [-0.2, -0.15) is 9.61 Å². The minimum Gasteiger partial charge on any atom is -0.373 e. The molecule has 174 valence electrons. The standard InChI is InChI=1S/C17H14F4N6O.2C2H6/c1-22-12-5-11(25-15-13(20)9(18)4-10(19)14(15)21)26-16-8(6-23-27(12)16)17(28)24-7-2-3-7;2*1-2/h4-7,22H,2-3H2,1H3,(H,24,28)(H,25,26);2*1-2H3. The molecule has 2 heterocycles. The molecule has 1 fully saturated rings. The SMILES string of the molecule is CC.CC.CNc1cc(Nc2c(F)c(F)cc(F)c2F)nc2c(C(=O)NC3CC3)cnn12. The molecular formula is C21H26F4N6O. The molecule has 0 bridgehead atoms. The van der Waals surface area contributed by atoms with E-state index >= 15 is 0 Å². The second kappa shape index (κ2) is 10.8. The number of fused-ring (bicyclic) bond motifs is 1. The molecule has 0 spiro atoms. The second-order valence-electron chi connectivity index (χ2n) is 6.29. The van der Waals surface area contributed by atoms with Gasteiger partial charge in [-0.1, -0.05) is 27.7 Å². The van der Waals surface area contributed by atoms with E-state index in [1.807, 2.05) is 27.7 Å². The monoisotopic (exact) mass is 454 g/mol. The van der Waals surface area contributed by atoms with Gasteiger partial charge in [0.05, 0.1) is 6.20 Å². The van der Waals surface area contributed by atoms with Gasteiger partial charge >= 0.3 is 0 Å². The number of anilines is 3. The zero-order valence-corrected chi connectivity index (χ0v) is 18.5. The molecule has 4 rings (SSSR count). The fraction of sp³-hybridized carbons (Fsp3) is 0.381. The Kier molecular flexibility index (Phi) is 8.39. The Morgan fingerprint density at radius 1 is 1.03 bits per heavy atom. The number of nitrogens with zero attached hydrogens (tertiary/aromatic N) is 3. The van der Waals surface area contributed by atoms with Crippen molar-refractivity contribution in [3.05, 3.63) is 47.2 Å². The van der Waals surface area contributed by atoms with Gasteiger partial charge in [-0.3, -0.25) is 4.79 Å². The Labute approximate surface area is 183 Å². The molecule has 0 radical (unpaired) electrons. The summed E-state index contributed by atoms with van der Waals surface area (Å²) in [6, 6.07) is 1.54. The van der Waals surface area contributed by atoms with Crippen LogP contribution in [0.2, 0.25) is 0 Å². The third kappa shape index (κ3) is 5.09. The van der Waals surface area contributed by atoms with Gasteiger partial charge in [0.15, 0.2) is 28.9 Å². The van der Waals surface area contributed by atoms with Crippen molar-refractivity contribution in [2.75, 3.05) is 17.7 Å². The zero-order valence-electron chi connectivity index (χ0n) is 18.5. The second-order valence-corrected chi connectivity index (χ2v) is 6.29. The van der Waals surface area contributed by atoms with Gasteiger partial charge in [-0.25, -0.2) is 22.5 Å². The minimum atomic E-state index is -1.59. The summed E-state index contributed by atoms with van der Waals surface area (Å²) in [7, 11) is 1.56. The maximum Gasteiger partial charge on any atom is 0.256 e. The van der Waals surface area contributed by atoms with Crippen molar-refractivity contribution in [2.24, 2.45) is 0 Å². The van der Waals surface area contributed by atoms with E-state index in [9.17, 15) is 22.4 Å². The molecule has 1 saturated carbocycles. The van der Waals surface area contributed by atoms with Crippen molar-refractivity contribution in [3.63, 3.8) is 0 Å². The minimum absolute atomic E-state index is 0.102. The summed E-state index contributed by atoms with van der Waals surface area (Å²) < 4.78 is 56.1. The van der Waals surface area contributed by atoms with E-state index in [1.165, 1.54) is 16.8 Å². The van der Waals surface area contributed by atoms with Crippen LogP contribution in [0.4, 0.5) is 34.9 Å². The number of nitrogens with one attached hydrogen (secondary N) is 3. The first kappa shape index (κ1) is 24.9. The van der Waals surface area contributed by atoms with Crippen LogP contribution in [-0.4, -0.2) is 33.6 Å². The molecule has 32 heavy (non-hydrogen) atoms. The highest BCUT2D eigenvalue weighted by molar-refractivity contribution is 6.00. The summed E-state index contributed by atoms with van der Waals surface area (Å²) in [5.41, 5.74) is -0.775. The van der Waals surface area contributed by atoms with Crippen molar-refractivity contribution in [3.8, 4) is 0 Å². The van der Waals surface area contributed by atoms with E-state index < -0.39 is 34.9 Å². The van der Waals surface area contributed by atoms with Crippen LogP contribution in [0.1, 0.15) is 50.9 Å². The Hall–Kier alpha value is -3.37. The van der Waals surface area contributed by atoms with Crippen LogP contribution in [0.3, 0.4) is 0 Å². The Balaban J connectivity index is 0.000000860. The lowest BCUT2D eigenvalue weighted by Gasteiger charge is -2.12. The first-order chi connectivity index (χ1) is 15.4. The normalized spacial score (nSPS) is 12.3. The largest absolute Gasteiger partial charge is 0.373 e. The number of halogens is 4. The molecule has 1 aliphatic carbocycles. The molecule has 1 amide bonds. The molecule has 0 saturated heterocycles. The van der Waals surface area contributed by atoms with Crippen molar-refractivity contribution in [1.82, 2.24) is 19.9 Å². The summed E-state index contributed by atoms with van der Waals surface area (Å²) in [6.45, 7) is 8.00. The van der Waals surface area contributed by atoms with Crippen LogP contribution in [0.15, 0.2) is 18.3 Å². The fourth-order valence-corrected chi connectivity index (χ4v) is 2.67. The molecular weight excluding hydrogens is 428 g/mol. The van der Waals surface area contributed by atoms with E-state index in [1.54, 1.807) is 7.05 Å². The lowest BCUT2D eigenvalue weighted by Crippen LogP contribution is -2.25. The third-order valence-electron chi connectivity index (χ3n) is 4.25. The van der Waals surface area contributed by atoms with Crippen LogP contribution in [0.5, 0.6) is 0 Å². The molecule has 7 nitrogen and oxygen atoms in total. The molecule has 1 aliphatic rings. The van der Waals surface area contributed by atoms with Gasteiger partial charge in [-0.15, -0.1) is 0 Å². The van der Waals surface area contributed by atoms with Gasteiger partial charge in [0, 0.05) is 25.2 Å². The zero-order chi connectivity index (χ0) is 24.0. The molecule has 3 N–H and O–H groups in total. The van der Waals surface area contributed by atoms with Crippen molar-refractivity contribution >= 4 is 28.9 Å². The predicted molar refractivity (Wildman–Crippen MR) is 115 cm³/mol. The van der Waals surface area contributed by atoms with E-state index in [-0.39, 0.29) is 29.1 Å². The smallest absolute Gasteiger partial charge is 0.256 e. The van der Waals surface area contributed by atoms with Crippen LogP contribution in [0.25, 0.3) is 5.65 Å². The van der Waals surface area contributed by atoms with E-state index in [0.717, 1.165) is 12.8 Å². The number of carbonyl (C=O) groups excluding carboxylic acids is 1. The summed E-state index contributed by atoms with van der Waals surface area (Å²) in [5.74, 6) is -6.48. The van der Waals surface area contributed by atoms with Gasteiger partial charge in [0.1, 0.15) is 22.9 Å². The van der Waals surface area contributed by atoms with E-state index in [0.29, 0.717) is 5.82 Å². The van der Waals surface area contributed by atoms with Crippen molar-refractivity contribution < 1.29 is 22.4 Å². The lowest BCUT2D eigenvalue weighted by molar-refractivity contribution is 0.0952. The highest BCUT2D eigenvalue weighted by Crippen LogP contribution is 2.28. The molecule has 0 aliphatic heterocycles. The van der Waals surface area contributed by atoms with Crippen LogP contribution >= 0.6 is 0 Å². The topological polar surface area (TPSA) is 83.3 Å². The lowest BCUT2D eigenvalue weighted by atomic mass is 10.2. The number of hydrogen-bond acceptors (Lipinski definition) is 5. The highest BCUT2D eigenvalue weighted by atomic mass is 19.2. The first-order valence-electron chi connectivity index (χ1n) is 10.4. The maximum absolute atomic E-state index is 14.0. The molecule has 0 unspecified atom stereocenters. The maximum atomic E-state index is 14.0. The van der Waals surface area contributed by atoms with E-state index in [4.69, 9.17) is 0 Å². The van der Waals surface area contributed by atoms with Crippen molar-refractivity contribution in [2.45, 2.75) is 46.6 Å². The first-order valence-corrected chi connectivity index (χ1v) is 10.4. The summed E-state index contributed by atoms with van der Waals surface area (Å²) >= 11 is 0. The molecule has 2 aromatic heterocycles. The van der Waals surface area contributed by atoms with E-state index in [2.05, 4.69) is 26.0 Å². The number of benzene rings is 1. The quantitative estimate of drug-likeness (QED) is 0.373. The average molecular weight is 454 g/mol. The summed E-state index contributed by atoms with van der Waals surface area (Å²) in [4.78, 5) is 16.5. The molecule has 3 aromatic rings. The number of carbonyl (C=O) groups is 1. The molecule has 11 heteroatoms. The van der Waals surface area contributed by atoms with Crippen LogP contribution in [0, 0.1) is 23.3 Å². The van der Waals surface area contributed by atoms with Crippen LogP contribution in [-0.2, 0) is 0 Å². The average Bonchev–Trinajstić information content (AvgIpc) is 3.52. The molecule has 0 atom stereocenters. The third-order valence-corrected chi connectivity index (χ3v) is 4.25. The van der Waals surface area contributed by atoms with Gasteiger partial charge < -0.3 is 16.0 Å².